The van der Waals surface area contributed by atoms with Gasteiger partial charge in [0.05, 0.1) is 7.11 Å². The Bertz CT molecular complexity index is 405. The van der Waals surface area contributed by atoms with E-state index >= 15 is 0 Å². The summed E-state index contributed by atoms with van der Waals surface area (Å²) in [7, 11) is 1.66. The van der Waals surface area contributed by atoms with Crippen LogP contribution in [-0.2, 0) is 10.2 Å². The molecule has 1 amide bonds. The second-order valence-corrected chi connectivity index (χ2v) is 5.28. The van der Waals surface area contributed by atoms with Crippen LogP contribution in [0.2, 0.25) is 0 Å². The number of benzene rings is 1. The summed E-state index contributed by atoms with van der Waals surface area (Å²) in [6, 6.07) is 7.89. The fraction of sp³-hybridized carbons (Fsp3) is 0.500. The molecule has 1 aromatic rings. The van der Waals surface area contributed by atoms with E-state index in [4.69, 9.17) is 4.74 Å². The average molecular weight is 267 g/mol. The molecular formula is C14H21NO2S. The van der Waals surface area contributed by atoms with Crippen LogP contribution >= 0.6 is 12.6 Å². The van der Waals surface area contributed by atoms with Gasteiger partial charge in [0.25, 0.3) is 0 Å². The maximum atomic E-state index is 11.5. The van der Waals surface area contributed by atoms with E-state index in [-0.39, 0.29) is 11.3 Å². The van der Waals surface area contributed by atoms with E-state index in [1.807, 2.05) is 24.3 Å². The van der Waals surface area contributed by atoms with Crippen molar-refractivity contribution in [3.63, 3.8) is 0 Å². The van der Waals surface area contributed by atoms with Crippen LogP contribution < -0.4 is 10.1 Å². The highest BCUT2D eigenvalue weighted by Crippen LogP contribution is 2.30. The predicted octanol–water partition coefficient (Wildman–Crippen LogP) is 2.41. The summed E-state index contributed by atoms with van der Waals surface area (Å²) in [5.74, 6) is 1.46. The third-order valence-corrected chi connectivity index (χ3v) is 3.13. The Hall–Kier alpha value is -1.16. The number of carbonyl (C=O) groups excluding carboxylic acids is 1. The van der Waals surface area contributed by atoms with Gasteiger partial charge in [0.15, 0.2) is 0 Å². The summed E-state index contributed by atoms with van der Waals surface area (Å²) >= 11 is 4.05. The second kappa shape index (κ2) is 6.69. The number of amides is 1. The molecule has 100 valence electrons. The van der Waals surface area contributed by atoms with Gasteiger partial charge in [-0.1, -0.05) is 32.0 Å². The summed E-state index contributed by atoms with van der Waals surface area (Å²) in [5.41, 5.74) is 0.928. The standard InChI is InChI=1S/C14H21NO2S/c1-14(2,10-15-13(16)8-9-18)11-6-4-5-7-12(11)17-3/h4-7,18H,8-10H2,1-3H3,(H,15,16). The average Bonchev–Trinajstić information content (AvgIpc) is 2.37. The van der Waals surface area contributed by atoms with Gasteiger partial charge >= 0.3 is 0 Å². The number of carbonyl (C=O) groups is 1. The zero-order valence-electron chi connectivity index (χ0n) is 11.2. The van der Waals surface area contributed by atoms with Crippen molar-refractivity contribution in [3.8, 4) is 5.75 Å². The van der Waals surface area contributed by atoms with Crippen LogP contribution in [0.4, 0.5) is 0 Å². The Kier molecular flexibility index (Phi) is 5.54. The second-order valence-electron chi connectivity index (χ2n) is 4.83. The lowest BCUT2D eigenvalue weighted by molar-refractivity contribution is -0.120. The van der Waals surface area contributed by atoms with Crippen LogP contribution in [0.25, 0.3) is 0 Å². The molecule has 0 aliphatic heterocycles. The highest BCUT2D eigenvalue weighted by atomic mass is 32.1. The monoisotopic (exact) mass is 267 g/mol. The Labute approximate surface area is 114 Å². The first-order valence-electron chi connectivity index (χ1n) is 6.02. The number of para-hydroxylation sites is 1. The molecule has 0 heterocycles. The van der Waals surface area contributed by atoms with Crippen molar-refractivity contribution < 1.29 is 9.53 Å². The lowest BCUT2D eigenvalue weighted by Crippen LogP contribution is -2.37. The zero-order valence-corrected chi connectivity index (χ0v) is 12.1. The quantitative estimate of drug-likeness (QED) is 0.777. The summed E-state index contributed by atoms with van der Waals surface area (Å²) in [4.78, 5) is 11.5. The number of hydrogen-bond acceptors (Lipinski definition) is 3. The lowest BCUT2D eigenvalue weighted by atomic mass is 9.84. The number of nitrogens with one attached hydrogen (secondary N) is 1. The van der Waals surface area contributed by atoms with E-state index in [0.29, 0.717) is 18.7 Å². The van der Waals surface area contributed by atoms with Crippen LogP contribution in [0.15, 0.2) is 24.3 Å². The molecule has 0 aromatic heterocycles. The van der Waals surface area contributed by atoms with Crippen molar-refractivity contribution in [2.24, 2.45) is 0 Å². The fourth-order valence-corrected chi connectivity index (χ4v) is 2.01. The van der Waals surface area contributed by atoms with Crippen molar-refractivity contribution in [1.82, 2.24) is 5.32 Å². The van der Waals surface area contributed by atoms with E-state index in [2.05, 4.69) is 31.8 Å². The molecule has 0 bridgehead atoms. The lowest BCUT2D eigenvalue weighted by Gasteiger charge is -2.27. The molecule has 1 aromatic carbocycles. The molecule has 0 atom stereocenters. The van der Waals surface area contributed by atoms with Crippen LogP contribution in [0, 0.1) is 0 Å². The number of ether oxygens (including phenoxy) is 1. The number of rotatable bonds is 6. The Morgan fingerprint density at radius 1 is 1.39 bits per heavy atom. The van der Waals surface area contributed by atoms with Crippen molar-refractivity contribution in [2.75, 3.05) is 19.4 Å². The van der Waals surface area contributed by atoms with Gasteiger partial charge in [0, 0.05) is 23.9 Å². The first-order valence-corrected chi connectivity index (χ1v) is 6.65. The predicted molar refractivity (Wildman–Crippen MR) is 77.5 cm³/mol. The van der Waals surface area contributed by atoms with Gasteiger partial charge in [-0.15, -0.1) is 0 Å². The van der Waals surface area contributed by atoms with Gasteiger partial charge < -0.3 is 10.1 Å². The maximum Gasteiger partial charge on any atom is 0.220 e. The molecule has 0 saturated heterocycles. The molecule has 0 aliphatic carbocycles. The third-order valence-electron chi connectivity index (χ3n) is 2.90. The number of hydrogen-bond donors (Lipinski definition) is 2. The highest BCUT2D eigenvalue weighted by Gasteiger charge is 2.24. The van der Waals surface area contributed by atoms with Gasteiger partial charge in [0.1, 0.15) is 5.75 Å². The largest absolute Gasteiger partial charge is 0.496 e. The molecule has 0 spiro atoms. The van der Waals surface area contributed by atoms with Crippen molar-refractivity contribution in [1.29, 1.82) is 0 Å². The first kappa shape index (κ1) is 14.9. The van der Waals surface area contributed by atoms with Crippen LogP contribution in [-0.4, -0.2) is 25.3 Å². The van der Waals surface area contributed by atoms with E-state index in [1.165, 1.54) is 0 Å². The van der Waals surface area contributed by atoms with Crippen LogP contribution in [0.5, 0.6) is 5.75 Å². The molecule has 0 saturated carbocycles. The van der Waals surface area contributed by atoms with Gasteiger partial charge in [-0.2, -0.15) is 12.6 Å². The molecule has 1 N–H and O–H groups in total. The minimum absolute atomic E-state index is 0.0352. The summed E-state index contributed by atoms with van der Waals surface area (Å²) in [5, 5.41) is 2.93. The van der Waals surface area contributed by atoms with Crippen LogP contribution in [0.1, 0.15) is 25.8 Å². The third kappa shape index (κ3) is 3.95. The summed E-state index contributed by atoms with van der Waals surface area (Å²) in [6.07, 6.45) is 0.450. The van der Waals surface area contributed by atoms with Crippen molar-refractivity contribution in [2.45, 2.75) is 25.7 Å². The summed E-state index contributed by atoms with van der Waals surface area (Å²) < 4.78 is 5.36. The molecule has 0 radical (unpaired) electrons. The molecule has 0 fully saturated rings. The van der Waals surface area contributed by atoms with E-state index in [1.54, 1.807) is 7.11 Å². The maximum absolute atomic E-state index is 11.5. The number of methoxy groups -OCH3 is 1. The first-order chi connectivity index (χ1) is 8.51. The molecule has 4 heteroatoms. The van der Waals surface area contributed by atoms with E-state index in [0.717, 1.165) is 11.3 Å². The molecule has 3 nitrogen and oxygen atoms in total. The van der Waals surface area contributed by atoms with E-state index < -0.39 is 0 Å². The summed E-state index contributed by atoms with van der Waals surface area (Å²) in [6.45, 7) is 4.76. The van der Waals surface area contributed by atoms with Gasteiger partial charge in [-0.3, -0.25) is 4.79 Å². The van der Waals surface area contributed by atoms with Gasteiger partial charge in [-0.05, 0) is 11.8 Å². The minimum Gasteiger partial charge on any atom is -0.496 e. The minimum atomic E-state index is -0.168. The molecule has 0 unspecified atom stereocenters. The fourth-order valence-electron chi connectivity index (χ4n) is 1.81. The normalized spacial score (nSPS) is 11.1. The molecule has 18 heavy (non-hydrogen) atoms. The van der Waals surface area contributed by atoms with Crippen molar-refractivity contribution in [3.05, 3.63) is 29.8 Å². The Balaban J connectivity index is 2.76. The van der Waals surface area contributed by atoms with Crippen LogP contribution in [0.3, 0.4) is 0 Å². The topological polar surface area (TPSA) is 38.3 Å². The number of thiol groups is 1. The SMILES string of the molecule is COc1ccccc1C(C)(C)CNC(=O)CCS. The van der Waals surface area contributed by atoms with E-state index in [9.17, 15) is 4.79 Å². The highest BCUT2D eigenvalue weighted by molar-refractivity contribution is 7.80. The Morgan fingerprint density at radius 2 is 2.06 bits per heavy atom. The Morgan fingerprint density at radius 3 is 2.67 bits per heavy atom. The smallest absolute Gasteiger partial charge is 0.220 e. The molecular weight excluding hydrogens is 246 g/mol. The van der Waals surface area contributed by atoms with Gasteiger partial charge in [0.2, 0.25) is 5.91 Å². The zero-order chi connectivity index (χ0) is 13.6. The molecule has 1 rings (SSSR count). The van der Waals surface area contributed by atoms with Gasteiger partial charge in [-0.25, -0.2) is 0 Å². The van der Waals surface area contributed by atoms with Crippen molar-refractivity contribution >= 4 is 18.5 Å². The molecule has 0 aliphatic rings.